The minimum atomic E-state index is -0.645. The number of aromatic nitrogens is 2. The van der Waals surface area contributed by atoms with E-state index in [0.29, 0.717) is 38.1 Å². The van der Waals surface area contributed by atoms with Crippen LogP contribution in [0, 0.1) is 0 Å². The number of nitrogens with zero attached hydrogens (tertiary/aromatic N) is 2. The first-order valence-electron chi connectivity index (χ1n) is 13.5. The van der Waals surface area contributed by atoms with Gasteiger partial charge in [0.1, 0.15) is 20.6 Å². The number of fused-ring (bicyclic) bond motifs is 6. The molecule has 0 amide bonds. The zero-order valence-corrected chi connectivity index (χ0v) is 23.2. The van der Waals surface area contributed by atoms with E-state index in [0.717, 1.165) is 47.6 Å². The van der Waals surface area contributed by atoms with Crippen molar-refractivity contribution in [3.63, 3.8) is 0 Å². The Labute approximate surface area is 242 Å². The van der Waals surface area contributed by atoms with Crippen LogP contribution in [0.3, 0.4) is 0 Å². The standard InChI is InChI=1S/C32H20N2O5S2/c35-24-16-8-2-3-9-17(16)25(36)20(24)14-22-33-30-28(40-22)29-31(39-32(30)12-6-1-7-13-32)34-23(41-29)15-21-26(37)18-10-4-5-11-19(18)27(21)38/h2-5,8-11,14-15H,1,6-7,12-13H2. The minimum absolute atomic E-state index is 0.0949. The van der Waals surface area contributed by atoms with Crippen molar-refractivity contribution in [1.29, 1.82) is 0 Å². The largest absolute Gasteiger partial charge is 0.463 e. The van der Waals surface area contributed by atoms with Gasteiger partial charge in [-0.05, 0) is 37.8 Å². The number of thiazole rings is 2. The highest BCUT2D eigenvalue weighted by Crippen LogP contribution is 2.55. The molecule has 9 heteroatoms. The lowest BCUT2D eigenvalue weighted by atomic mass is 9.80. The first-order valence-corrected chi connectivity index (χ1v) is 15.1. The molecule has 0 unspecified atom stereocenters. The summed E-state index contributed by atoms with van der Waals surface area (Å²) >= 11 is 2.75. The van der Waals surface area contributed by atoms with Gasteiger partial charge < -0.3 is 4.74 Å². The maximum absolute atomic E-state index is 13.0. The van der Waals surface area contributed by atoms with Gasteiger partial charge in [0.2, 0.25) is 5.88 Å². The van der Waals surface area contributed by atoms with Crippen LogP contribution in [-0.2, 0) is 5.60 Å². The van der Waals surface area contributed by atoms with E-state index in [1.807, 2.05) is 0 Å². The third-order valence-corrected chi connectivity index (χ3v) is 10.3. The van der Waals surface area contributed by atoms with Gasteiger partial charge in [0, 0.05) is 22.3 Å². The number of hydrogen-bond acceptors (Lipinski definition) is 9. The summed E-state index contributed by atoms with van der Waals surface area (Å²) < 4.78 is 6.61. The molecule has 1 spiro atoms. The quantitative estimate of drug-likeness (QED) is 0.192. The highest BCUT2D eigenvalue weighted by molar-refractivity contribution is 7.23. The fourth-order valence-electron chi connectivity index (χ4n) is 6.21. The number of hydrogen-bond donors (Lipinski definition) is 0. The topological polar surface area (TPSA) is 103 Å². The lowest BCUT2D eigenvalue weighted by molar-refractivity contribution is 0.0168. The summed E-state index contributed by atoms with van der Waals surface area (Å²) in [5.74, 6) is -0.719. The second-order valence-corrected chi connectivity index (χ2v) is 12.7. The van der Waals surface area contributed by atoms with E-state index in [9.17, 15) is 19.2 Å². The summed E-state index contributed by atoms with van der Waals surface area (Å²) in [5, 5.41) is 1.06. The fourth-order valence-corrected chi connectivity index (χ4v) is 8.37. The molecule has 0 bridgehead atoms. The van der Waals surface area contributed by atoms with E-state index in [1.165, 1.54) is 22.7 Å². The summed E-state index contributed by atoms with van der Waals surface area (Å²) in [4.78, 5) is 63.4. The number of rotatable bonds is 2. The number of ether oxygens (including phenoxy) is 1. The van der Waals surface area contributed by atoms with E-state index in [1.54, 1.807) is 60.7 Å². The molecule has 4 aliphatic rings. The van der Waals surface area contributed by atoms with Gasteiger partial charge >= 0.3 is 0 Å². The van der Waals surface area contributed by atoms with E-state index in [-0.39, 0.29) is 34.3 Å². The Balaban J connectivity index is 1.22. The van der Waals surface area contributed by atoms with Crippen molar-refractivity contribution in [2.75, 3.05) is 0 Å². The lowest BCUT2D eigenvalue weighted by Crippen LogP contribution is -2.38. The smallest absolute Gasteiger partial charge is 0.235 e. The molecule has 0 saturated heterocycles. The molecule has 8 rings (SSSR count). The van der Waals surface area contributed by atoms with Crippen molar-refractivity contribution in [3.8, 4) is 15.6 Å². The fraction of sp³-hybridized carbons (Fsp3) is 0.188. The lowest BCUT2D eigenvalue weighted by Gasteiger charge is -2.38. The van der Waals surface area contributed by atoms with Crippen LogP contribution in [0.4, 0.5) is 0 Å². The highest BCUT2D eigenvalue weighted by atomic mass is 32.1. The Morgan fingerprint density at radius 3 is 1.61 bits per heavy atom. The van der Waals surface area contributed by atoms with Crippen molar-refractivity contribution in [2.24, 2.45) is 0 Å². The Morgan fingerprint density at radius 2 is 1.10 bits per heavy atom. The molecule has 3 heterocycles. The van der Waals surface area contributed by atoms with Gasteiger partial charge in [0.05, 0.1) is 16.0 Å². The molecule has 3 aliphatic carbocycles. The molecule has 0 radical (unpaired) electrons. The van der Waals surface area contributed by atoms with Crippen LogP contribution in [0.15, 0.2) is 59.7 Å². The molecule has 1 saturated carbocycles. The minimum Gasteiger partial charge on any atom is -0.463 e. The maximum Gasteiger partial charge on any atom is 0.235 e. The van der Waals surface area contributed by atoms with Crippen LogP contribution in [-0.4, -0.2) is 33.1 Å². The number of carbonyl (C=O) groups is 4. The second kappa shape index (κ2) is 8.83. The first kappa shape index (κ1) is 24.5. The third kappa shape index (κ3) is 3.55. The van der Waals surface area contributed by atoms with E-state index >= 15 is 0 Å². The van der Waals surface area contributed by atoms with E-state index in [2.05, 4.69) is 0 Å². The molecule has 4 aromatic rings. The number of Topliss-reactive ketones (excluding diaryl/α,β-unsaturated/α-hetero) is 4. The van der Waals surface area contributed by atoms with Crippen molar-refractivity contribution < 1.29 is 23.9 Å². The number of benzene rings is 2. The van der Waals surface area contributed by atoms with Gasteiger partial charge in [-0.3, -0.25) is 19.2 Å². The first-order chi connectivity index (χ1) is 19.9. The molecule has 7 nitrogen and oxygen atoms in total. The summed E-state index contributed by atoms with van der Waals surface area (Å²) in [5.41, 5.74) is 2.01. The predicted molar refractivity (Wildman–Crippen MR) is 155 cm³/mol. The molecule has 1 fully saturated rings. The zero-order valence-electron chi connectivity index (χ0n) is 21.6. The van der Waals surface area contributed by atoms with E-state index in [4.69, 9.17) is 14.7 Å². The van der Waals surface area contributed by atoms with Crippen LogP contribution < -0.4 is 4.74 Å². The Morgan fingerprint density at radius 1 is 0.634 bits per heavy atom. The highest BCUT2D eigenvalue weighted by Gasteiger charge is 2.46. The average molecular weight is 577 g/mol. The Hall–Kier alpha value is -4.34. The third-order valence-electron chi connectivity index (χ3n) is 8.19. The molecular weight excluding hydrogens is 556 g/mol. The van der Waals surface area contributed by atoms with Crippen LogP contribution in [0.5, 0.6) is 5.88 Å². The van der Waals surface area contributed by atoms with Crippen LogP contribution in [0.2, 0.25) is 0 Å². The molecule has 0 N–H and O–H groups in total. The molecule has 2 aromatic heterocycles. The number of ketones is 4. The maximum atomic E-state index is 13.0. The van der Waals surface area contributed by atoms with E-state index < -0.39 is 5.60 Å². The molecule has 0 atom stereocenters. The van der Waals surface area contributed by atoms with Crippen LogP contribution in [0.1, 0.15) is 89.2 Å². The SMILES string of the molecule is O=C1C(=Cc2nc3c(s2)-c2sc(C=C4C(=O)c5ccccc5C4=O)nc2C2(CCCCC2)O3)C(=O)c2ccccc21. The Bertz CT molecular complexity index is 1860. The van der Waals surface area contributed by atoms with Gasteiger partial charge in [-0.2, -0.15) is 0 Å². The molecule has 200 valence electrons. The van der Waals surface area contributed by atoms with Gasteiger partial charge in [-0.25, -0.2) is 9.97 Å². The van der Waals surface area contributed by atoms with Crippen molar-refractivity contribution >= 4 is 58.0 Å². The summed E-state index contributed by atoms with van der Waals surface area (Å²) in [7, 11) is 0. The number of allylic oxidation sites excluding steroid dienone is 2. The van der Waals surface area contributed by atoms with Crippen molar-refractivity contribution in [2.45, 2.75) is 37.7 Å². The van der Waals surface area contributed by atoms with Crippen LogP contribution in [0.25, 0.3) is 21.9 Å². The normalized spacial score (nSPS) is 18.2. The van der Waals surface area contributed by atoms with Crippen LogP contribution >= 0.6 is 22.7 Å². The summed E-state index contributed by atoms with van der Waals surface area (Å²) in [6.45, 7) is 0. The molecule has 1 aliphatic heterocycles. The predicted octanol–water partition coefficient (Wildman–Crippen LogP) is 6.74. The monoisotopic (exact) mass is 576 g/mol. The average Bonchev–Trinajstić information content (AvgIpc) is 3.72. The molecular formula is C32H20N2O5S2. The number of carbonyl (C=O) groups excluding carboxylic acids is 4. The van der Waals surface area contributed by atoms with Gasteiger partial charge in [0.15, 0.2) is 28.7 Å². The molecule has 2 aromatic carbocycles. The van der Waals surface area contributed by atoms with Crippen molar-refractivity contribution in [1.82, 2.24) is 9.97 Å². The van der Waals surface area contributed by atoms with Crippen molar-refractivity contribution in [3.05, 3.63) is 97.6 Å². The zero-order chi connectivity index (χ0) is 27.9. The van der Waals surface area contributed by atoms with Gasteiger partial charge in [-0.1, -0.05) is 55.0 Å². The van der Waals surface area contributed by atoms with Gasteiger partial charge in [-0.15, -0.1) is 22.7 Å². The summed E-state index contributed by atoms with van der Waals surface area (Å²) in [6.07, 6.45) is 7.79. The van der Waals surface area contributed by atoms with Gasteiger partial charge in [0.25, 0.3) is 0 Å². The Kier molecular flexibility index (Phi) is 5.27. The summed E-state index contributed by atoms with van der Waals surface area (Å²) in [6, 6.07) is 13.7. The second-order valence-electron chi connectivity index (χ2n) is 10.6. The molecule has 41 heavy (non-hydrogen) atoms.